The van der Waals surface area contributed by atoms with Crippen molar-refractivity contribution in [3.05, 3.63) is 23.8 Å². The lowest BCUT2D eigenvalue weighted by molar-refractivity contribution is -0.157. The Balaban J connectivity index is 2.83. The zero-order chi connectivity index (χ0) is 15.9. The van der Waals surface area contributed by atoms with E-state index in [-0.39, 0.29) is 5.97 Å². The molecule has 0 heterocycles. The van der Waals surface area contributed by atoms with E-state index in [1.165, 1.54) is 0 Å². The van der Waals surface area contributed by atoms with Gasteiger partial charge >= 0.3 is 5.97 Å². The van der Waals surface area contributed by atoms with Crippen LogP contribution in [0.15, 0.2) is 18.2 Å². The number of esters is 1. The van der Waals surface area contributed by atoms with Crippen molar-refractivity contribution in [2.45, 2.75) is 38.7 Å². The van der Waals surface area contributed by atoms with E-state index in [9.17, 15) is 4.79 Å². The molecule has 0 aliphatic heterocycles. The number of carbonyl (C=O) groups is 1. The zero-order valence-corrected chi connectivity index (χ0v) is 13.3. The molecular weight excluding hydrogens is 270 g/mol. The van der Waals surface area contributed by atoms with Crippen LogP contribution in [0.5, 0.6) is 11.5 Å². The van der Waals surface area contributed by atoms with Crippen LogP contribution in [0.25, 0.3) is 0 Å². The molecule has 0 amide bonds. The van der Waals surface area contributed by atoms with Gasteiger partial charge in [0.15, 0.2) is 0 Å². The molecule has 1 aromatic carbocycles. The van der Waals surface area contributed by atoms with Gasteiger partial charge in [0, 0.05) is 18.1 Å². The van der Waals surface area contributed by atoms with E-state index >= 15 is 0 Å². The summed E-state index contributed by atoms with van der Waals surface area (Å²) in [5, 5.41) is 0. The summed E-state index contributed by atoms with van der Waals surface area (Å²) in [4.78, 5) is 11.9. The molecule has 2 N–H and O–H groups in total. The number of unbranched alkanes of at least 4 members (excludes halogenated alkanes) is 1. The summed E-state index contributed by atoms with van der Waals surface area (Å²) in [5.74, 6) is 1.10. The molecule has 0 aromatic heterocycles. The lowest BCUT2D eigenvalue weighted by atomic mass is 9.97. The van der Waals surface area contributed by atoms with Crippen LogP contribution in [-0.4, -0.2) is 26.7 Å². The Morgan fingerprint density at radius 2 is 1.67 bits per heavy atom. The van der Waals surface area contributed by atoms with Crippen LogP contribution >= 0.6 is 0 Å². The van der Waals surface area contributed by atoms with E-state index in [2.05, 4.69) is 0 Å². The molecule has 0 aliphatic carbocycles. The minimum Gasteiger partial charge on any atom is -0.497 e. The first kappa shape index (κ1) is 17.3. The van der Waals surface area contributed by atoms with Gasteiger partial charge in [0.25, 0.3) is 0 Å². The molecule has 0 saturated heterocycles. The third-order valence-corrected chi connectivity index (χ3v) is 3.25. The van der Waals surface area contributed by atoms with Crippen molar-refractivity contribution in [3.63, 3.8) is 0 Å². The van der Waals surface area contributed by atoms with Crippen molar-refractivity contribution in [1.82, 2.24) is 0 Å². The third-order valence-electron chi connectivity index (χ3n) is 3.25. The highest BCUT2D eigenvalue weighted by Gasteiger charge is 2.26. The van der Waals surface area contributed by atoms with Crippen molar-refractivity contribution in [2.24, 2.45) is 5.73 Å². The second-order valence-electron chi connectivity index (χ2n) is 5.33. The maximum absolute atomic E-state index is 11.9. The smallest absolute Gasteiger partial charge is 0.306 e. The van der Waals surface area contributed by atoms with Gasteiger partial charge in [-0.15, -0.1) is 0 Å². The number of hydrogen-bond donors (Lipinski definition) is 1. The summed E-state index contributed by atoms with van der Waals surface area (Å²) >= 11 is 0. The SMILES string of the molecule is COc1cc(OC)cc(C(C)(C)OC(=O)CCCCN)c1. The molecule has 118 valence electrons. The highest BCUT2D eigenvalue weighted by atomic mass is 16.6. The molecule has 5 heteroatoms. The van der Waals surface area contributed by atoms with Gasteiger partial charge in [0.1, 0.15) is 17.1 Å². The van der Waals surface area contributed by atoms with Gasteiger partial charge in [-0.25, -0.2) is 0 Å². The zero-order valence-electron chi connectivity index (χ0n) is 13.3. The maximum Gasteiger partial charge on any atom is 0.306 e. The minimum absolute atomic E-state index is 0.227. The summed E-state index contributed by atoms with van der Waals surface area (Å²) < 4.78 is 16.1. The lowest BCUT2D eigenvalue weighted by Crippen LogP contribution is -2.25. The third kappa shape index (κ3) is 5.27. The average Bonchev–Trinajstić information content (AvgIpc) is 2.46. The molecule has 21 heavy (non-hydrogen) atoms. The molecule has 0 bridgehead atoms. The van der Waals surface area contributed by atoms with Gasteiger partial charge in [-0.2, -0.15) is 0 Å². The van der Waals surface area contributed by atoms with Gasteiger partial charge < -0.3 is 19.9 Å². The summed E-state index contributed by atoms with van der Waals surface area (Å²) in [5.41, 5.74) is 5.49. The Labute approximate surface area is 126 Å². The van der Waals surface area contributed by atoms with Gasteiger partial charge in [0.05, 0.1) is 14.2 Å². The quantitative estimate of drug-likeness (QED) is 0.589. The van der Waals surface area contributed by atoms with Gasteiger partial charge in [-0.1, -0.05) is 0 Å². The number of hydrogen-bond acceptors (Lipinski definition) is 5. The summed E-state index contributed by atoms with van der Waals surface area (Å²) in [6.45, 7) is 4.29. The Morgan fingerprint density at radius 1 is 1.10 bits per heavy atom. The monoisotopic (exact) mass is 295 g/mol. The largest absolute Gasteiger partial charge is 0.497 e. The van der Waals surface area contributed by atoms with Crippen LogP contribution in [0.2, 0.25) is 0 Å². The van der Waals surface area contributed by atoms with Crippen molar-refractivity contribution >= 4 is 5.97 Å². The Bertz CT molecular complexity index is 449. The van der Waals surface area contributed by atoms with E-state index in [0.29, 0.717) is 24.5 Å². The Kier molecular flexibility index (Phi) is 6.49. The van der Waals surface area contributed by atoms with E-state index in [4.69, 9.17) is 19.9 Å². The van der Waals surface area contributed by atoms with Crippen LogP contribution in [0.4, 0.5) is 0 Å². The molecule has 0 saturated carbocycles. The summed E-state index contributed by atoms with van der Waals surface area (Å²) in [7, 11) is 3.18. The van der Waals surface area contributed by atoms with Crippen molar-refractivity contribution in [2.75, 3.05) is 20.8 Å². The second-order valence-corrected chi connectivity index (χ2v) is 5.33. The van der Waals surface area contributed by atoms with Gasteiger partial charge in [-0.05, 0) is 45.4 Å². The first-order valence-electron chi connectivity index (χ1n) is 7.08. The fourth-order valence-corrected chi connectivity index (χ4v) is 1.96. The van der Waals surface area contributed by atoms with Crippen molar-refractivity contribution in [3.8, 4) is 11.5 Å². The van der Waals surface area contributed by atoms with Crippen LogP contribution in [-0.2, 0) is 15.1 Å². The summed E-state index contributed by atoms with van der Waals surface area (Å²) in [6, 6.07) is 5.47. The molecule has 1 aromatic rings. The maximum atomic E-state index is 11.9. The molecule has 0 radical (unpaired) electrons. The predicted molar refractivity (Wildman–Crippen MR) is 81.6 cm³/mol. The second kappa shape index (κ2) is 7.88. The number of nitrogens with two attached hydrogens (primary N) is 1. The molecule has 5 nitrogen and oxygen atoms in total. The predicted octanol–water partition coefficient (Wildman–Crippen LogP) is 2.61. The lowest BCUT2D eigenvalue weighted by Gasteiger charge is -2.26. The first-order valence-corrected chi connectivity index (χ1v) is 7.08. The van der Waals surface area contributed by atoms with E-state index < -0.39 is 5.60 Å². The fraction of sp³-hybridized carbons (Fsp3) is 0.562. The molecular formula is C16H25NO4. The standard InChI is InChI=1S/C16H25NO4/c1-16(2,21-15(18)7-5-6-8-17)12-9-13(19-3)11-14(10-12)20-4/h9-11H,5-8,17H2,1-4H3. The van der Waals surface area contributed by atoms with Crippen LogP contribution in [0.3, 0.4) is 0 Å². The van der Waals surface area contributed by atoms with Gasteiger partial charge in [0.2, 0.25) is 0 Å². The highest BCUT2D eigenvalue weighted by molar-refractivity contribution is 5.70. The highest BCUT2D eigenvalue weighted by Crippen LogP contribution is 2.32. The van der Waals surface area contributed by atoms with Crippen LogP contribution in [0.1, 0.15) is 38.7 Å². The number of benzene rings is 1. The molecule has 0 atom stereocenters. The fourth-order valence-electron chi connectivity index (χ4n) is 1.96. The molecule has 0 fully saturated rings. The van der Waals surface area contributed by atoms with Crippen LogP contribution < -0.4 is 15.2 Å². The van der Waals surface area contributed by atoms with Crippen molar-refractivity contribution < 1.29 is 19.0 Å². The summed E-state index contributed by atoms with van der Waals surface area (Å²) in [6.07, 6.45) is 1.94. The van der Waals surface area contributed by atoms with E-state index in [1.807, 2.05) is 26.0 Å². The average molecular weight is 295 g/mol. The number of methoxy groups -OCH3 is 2. The molecule has 0 unspecified atom stereocenters. The number of rotatable bonds is 8. The minimum atomic E-state index is -0.748. The number of ether oxygens (including phenoxy) is 3. The number of carbonyl (C=O) groups excluding carboxylic acids is 1. The van der Waals surface area contributed by atoms with E-state index in [1.54, 1.807) is 20.3 Å². The molecule has 0 aliphatic rings. The van der Waals surface area contributed by atoms with E-state index in [0.717, 1.165) is 18.4 Å². The van der Waals surface area contributed by atoms with Gasteiger partial charge in [-0.3, -0.25) is 4.79 Å². The molecule has 1 rings (SSSR count). The van der Waals surface area contributed by atoms with Crippen molar-refractivity contribution in [1.29, 1.82) is 0 Å². The normalized spacial score (nSPS) is 11.1. The molecule has 0 spiro atoms. The van der Waals surface area contributed by atoms with Crippen LogP contribution in [0, 0.1) is 0 Å². The first-order chi connectivity index (χ1) is 9.92. The Hall–Kier alpha value is -1.75. The topological polar surface area (TPSA) is 70.8 Å². The Morgan fingerprint density at radius 3 is 2.14 bits per heavy atom.